The fraction of sp³-hybridized carbons (Fsp3) is 0.417. The van der Waals surface area contributed by atoms with E-state index < -0.39 is 6.36 Å². The maximum atomic E-state index is 12.1. The highest BCUT2D eigenvalue weighted by Gasteiger charge is 2.32. The van der Waals surface area contributed by atoms with Crippen molar-refractivity contribution in [1.82, 2.24) is 10.6 Å². The van der Waals surface area contributed by atoms with Crippen molar-refractivity contribution in [2.75, 3.05) is 6.54 Å². The van der Waals surface area contributed by atoms with Crippen LogP contribution in [0.5, 0.6) is 5.75 Å². The molecule has 8 heteroatoms. The zero-order valence-electron chi connectivity index (χ0n) is 10.3. The second kappa shape index (κ2) is 6.01. The van der Waals surface area contributed by atoms with Gasteiger partial charge in [0.25, 0.3) is 0 Å². The maximum Gasteiger partial charge on any atom is 0.573 e. The van der Waals surface area contributed by atoms with Gasteiger partial charge in [-0.05, 0) is 33.6 Å². The number of benzene rings is 1. The van der Waals surface area contributed by atoms with Gasteiger partial charge in [-0.25, -0.2) is 0 Å². The van der Waals surface area contributed by atoms with Gasteiger partial charge in [-0.3, -0.25) is 4.79 Å². The number of nitrogens with one attached hydrogen (secondary N) is 2. The normalized spacial score (nSPS) is 19.0. The van der Waals surface area contributed by atoms with Crippen molar-refractivity contribution in [3.8, 4) is 5.75 Å². The lowest BCUT2D eigenvalue weighted by Gasteiger charge is -2.13. The van der Waals surface area contributed by atoms with E-state index in [1.807, 2.05) is 0 Å². The van der Waals surface area contributed by atoms with Gasteiger partial charge in [0.1, 0.15) is 5.75 Å². The zero-order chi connectivity index (χ0) is 14.8. The van der Waals surface area contributed by atoms with Crippen LogP contribution < -0.4 is 15.4 Å². The van der Waals surface area contributed by atoms with Crippen LogP contribution in [0, 0.1) is 0 Å². The van der Waals surface area contributed by atoms with E-state index in [1.165, 1.54) is 6.07 Å². The maximum absolute atomic E-state index is 12.1. The molecule has 20 heavy (non-hydrogen) atoms. The summed E-state index contributed by atoms with van der Waals surface area (Å²) in [6.45, 7) is 1.03. The Labute approximate surface area is 121 Å². The molecule has 1 amide bonds. The molecule has 1 saturated heterocycles. The van der Waals surface area contributed by atoms with E-state index in [9.17, 15) is 18.0 Å². The molecule has 0 radical (unpaired) electrons. The Morgan fingerprint density at radius 1 is 1.45 bits per heavy atom. The molecule has 0 spiro atoms. The van der Waals surface area contributed by atoms with E-state index in [4.69, 9.17) is 0 Å². The predicted molar refractivity (Wildman–Crippen MR) is 69.1 cm³/mol. The molecule has 4 nitrogen and oxygen atoms in total. The first-order chi connectivity index (χ1) is 9.33. The number of carbonyl (C=O) groups is 1. The van der Waals surface area contributed by atoms with Crippen LogP contribution in [0.1, 0.15) is 12.0 Å². The molecule has 0 saturated carbocycles. The number of amides is 1. The Morgan fingerprint density at radius 3 is 2.75 bits per heavy atom. The molecule has 1 unspecified atom stereocenters. The summed E-state index contributed by atoms with van der Waals surface area (Å²) in [5.41, 5.74) is 0.797. The fourth-order valence-corrected chi connectivity index (χ4v) is 2.38. The van der Waals surface area contributed by atoms with E-state index >= 15 is 0 Å². The van der Waals surface area contributed by atoms with Crippen molar-refractivity contribution in [3.63, 3.8) is 0 Å². The predicted octanol–water partition coefficient (Wildman–Crippen LogP) is 2.33. The van der Waals surface area contributed by atoms with Crippen LogP contribution in [0.4, 0.5) is 13.2 Å². The van der Waals surface area contributed by atoms with Crippen molar-refractivity contribution in [2.24, 2.45) is 0 Å². The van der Waals surface area contributed by atoms with Crippen molar-refractivity contribution in [2.45, 2.75) is 25.4 Å². The molecule has 0 aromatic heterocycles. The van der Waals surface area contributed by atoms with Crippen LogP contribution >= 0.6 is 15.9 Å². The van der Waals surface area contributed by atoms with Crippen LogP contribution in [0.2, 0.25) is 0 Å². The van der Waals surface area contributed by atoms with Crippen LogP contribution in [0.25, 0.3) is 0 Å². The molecule has 1 atom stereocenters. The first kappa shape index (κ1) is 15.1. The first-order valence-corrected chi connectivity index (χ1v) is 6.67. The lowest BCUT2D eigenvalue weighted by molar-refractivity contribution is -0.274. The highest BCUT2D eigenvalue weighted by molar-refractivity contribution is 9.10. The minimum atomic E-state index is -4.71. The molecule has 1 aliphatic heterocycles. The summed E-state index contributed by atoms with van der Waals surface area (Å²) >= 11 is 3.04. The van der Waals surface area contributed by atoms with E-state index in [1.54, 1.807) is 12.1 Å². The fourth-order valence-electron chi connectivity index (χ4n) is 1.87. The topological polar surface area (TPSA) is 50.4 Å². The Balaban J connectivity index is 1.93. The lowest BCUT2D eigenvalue weighted by Crippen LogP contribution is -2.30. The quantitative estimate of drug-likeness (QED) is 0.874. The number of hydrogen-bond acceptors (Lipinski definition) is 3. The minimum absolute atomic E-state index is 0.00222. The highest BCUT2D eigenvalue weighted by atomic mass is 79.9. The van der Waals surface area contributed by atoms with Crippen LogP contribution in [-0.4, -0.2) is 24.9 Å². The molecule has 1 aromatic rings. The molecule has 110 valence electrons. The third kappa shape index (κ3) is 4.38. The van der Waals surface area contributed by atoms with Gasteiger partial charge in [-0.1, -0.05) is 6.07 Å². The summed E-state index contributed by atoms with van der Waals surface area (Å²) in [5.74, 6) is -0.281. The van der Waals surface area contributed by atoms with Gasteiger partial charge in [0, 0.05) is 25.6 Å². The summed E-state index contributed by atoms with van der Waals surface area (Å²) in [5, 5.41) is 5.85. The number of rotatable bonds is 4. The number of carbonyl (C=O) groups excluding carboxylic acids is 1. The Hall–Kier alpha value is -1.28. The number of hydrogen-bond donors (Lipinski definition) is 2. The summed E-state index contributed by atoms with van der Waals surface area (Å²) in [6.07, 6.45) is -4.30. The molecule has 1 fully saturated rings. The van der Waals surface area contributed by atoms with Gasteiger partial charge in [-0.2, -0.15) is 0 Å². The van der Waals surface area contributed by atoms with Crippen molar-refractivity contribution in [3.05, 3.63) is 28.2 Å². The Kier molecular flexibility index (Phi) is 4.54. The zero-order valence-corrected chi connectivity index (χ0v) is 11.8. The molecule has 1 aliphatic rings. The number of ether oxygens (including phenoxy) is 1. The van der Waals surface area contributed by atoms with Gasteiger partial charge >= 0.3 is 6.36 Å². The standard InChI is InChI=1S/C12H12BrF3N2O2/c13-9-3-7(1-2-10(9)20-12(14,15)16)5-17-8-4-11(19)18-6-8/h1-3,8,17H,4-6H2,(H,18,19). The summed E-state index contributed by atoms with van der Waals surface area (Å²) < 4.78 is 40.4. The van der Waals surface area contributed by atoms with Crippen LogP contribution in [0.15, 0.2) is 22.7 Å². The SMILES string of the molecule is O=C1CC(NCc2ccc(OC(F)(F)F)c(Br)c2)CN1. The summed E-state index contributed by atoms with van der Waals surface area (Å²) in [6, 6.07) is 4.40. The average Bonchev–Trinajstić information content (AvgIpc) is 2.74. The molecule has 0 bridgehead atoms. The van der Waals surface area contributed by atoms with E-state index in [-0.39, 0.29) is 22.2 Å². The monoisotopic (exact) mass is 352 g/mol. The molecule has 2 N–H and O–H groups in total. The first-order valence-electron chi connectivity index (χ1n) is 5.88. The lowest BCUT2D eigenvalue weighted by atomic mass is 10.2. The van der Waals surface area contributed by atoms with Gasteiger partial charge in [0.2, 0.25) is 5.91 Å². The highest BCUT2D eigenvalue weighted by Crippen LogP contribution is 2.31. The Bertz CT molecular complexity index is 508. The van der Waals surface area contributed by atoms with E-state index in [0.717, 1.165) is 5.56 Å². The second-order valence-corrected chi connectivity index (χ2v) is 5.25. The molecule has 1 aromatic carbocycles. The minimum Gasteiger partial charge on any atom is -0.405 e. The van der Waals surface area contributed by atoms with Gasteiger partial charge in [-0.15, -0.1) is 13.2 Å². The smallest absolute Gasteiger partial charge is 0.405 e. The van der Waals surface area contributed by atoms with Crippen molar-refractivity contribution in [1.29, 1.82) is 0 Å². The van der Waals surface area contributed by atoms with E-state index in [0.29, 0.717) is 19.5 Å². The number of alkyl halides is 3. The van der Waals surface area contributed by atoms with Gasteiger partial charge in [0.05, 0.1) is 4.47 Å². The summed E-state index contributed by atoms with van der Waals surface area (Å²) in [4.78, 5) is 11.0. The second-order valence-electron chi connectivity index (χ2n) is 4.40. The van der Waals surface area contributed by atoms with E-state index in [2.05, 4.69) is 31.3 Å². The van der Waals surface area contributed by atoms with Crippen molar-refractivity contribution >= 4 is 21.8 Å². The largest absolute Gasteiger partial charge is 0.573 e. The van der Waals surface area contributed by atoms with Crippen LogP contribution in [-0.2, 0) is 11.3 Å². The molecule has 0 aliphatic carbocycles. The molecular formula is C12H12BrF3N2O2. The van der Waals surface area contributed by atoms with Crippen LogP contribution in [0.3, 0.4) is 0 Å². The number of halogens is 4. The van der Waals surface area contributed by atoms with Gasteiger partial charge in [0.15, 0.2) is 0 Å². The average molecular weight is 353 g/mol. The third-order valence-electron chi connectivity index (χ3n) is 2.79. The molecule has 2 rings (SSSR count). The third-order valence-corrected chi connectivity index (χ3v) is 3.41. The van der Waals surface area contributed by atoms with Gasteiger partial charge < -0.3 is 15.4 Å². The molecular weight excluding hydrogens is 341 g/mol. The summed E-state index contributed by atoms with van der Waals surface area (Å²) in [7, 11) is 0. The Morgan fingerprint density at radius 2 is 2.20 bits per heavy atom. The molecule has 1 heterocycles. The van der Waals surface area contributed by atoms with Crippen molar-refractivity contribution < 1.29 is 22.7 Å².